The summed E-state index contributed by atoms with van der Waals surface area (Å²) in [4.78, 5) is 12.5. The summed E-state index contributed by atoms with van der Waals surface area (Å²) in [6.07, 6.45) is 0. The van der Waals surface area contributed by atoms with Gasteiger partial charge in [-0.2, -0.15) is 0 Å². The van der Waals surface area contributed by atoms with Gasteiger partial charge in [0.25, 0.3) is 0 Å². The lowest BCUT2D eigenvalue weighted by atomic mass is 10.2. The summed E-state index contributed by atoms with van der Waals surface area (Å²) in [5.74, 6) is 0.632. The molecule has 0 aliphatic heterocycles. The van der Waals surface area contributed by atoms with Crippen molar-refractivity contribution in [3.05, 3.63) is 29.8 Å². The molecule has 1 rings (SSSR count). The number of aryl methyl sites for hydroxylation is 1. The molecule has 0 fully saturated rings. The van der Waals surface area contributed by atoms with Crippen molar-refractivity contribution in [2.24, 2.45) is 0 Å². The van der Waals surface area contributed by atoms with E-state index in [4.69, 9.17) is 4.74 Å². The molecule has 0 heterocycles. The van der Waals surface area contributed by atoms with Crippen LogP contribution in [0.15, 0.2) is 29.2 Å². The van der Waals surface area contributed by atoms with Crippen molar-refractivity contribution in [3.63, 3.8) is 0 Å². The van der Waals surface area contributed by atoms with E-state index in [0.29, 0.717) is 12.4 Å². The number of ether oxygens (including phenoxy) is 1. The van der Waals surface area contributed by atoms with Crippen LogP contribution in [-0.2, 0) is 9.53 Å². The zero-order valence-corrected chi connectivity index (χ0v) is 9.97. The summed E-state index contributed by atoms with van der Waals surface area (Å²) < 4.78 is 5.04. The van der Waals surface area contributed by atoms with E-state index in [1.54, 1.807) is 11.8 Å². The van der Waals surface area contributed by atoms with Crippen LogP contribution in [0.25, 0.3) is 0 Å². The average molecular weight is 224 g/mol. The lowest BCUT2D eigenvalue weighted by molar-refractivity contribution is -0.120. The number of ketones is 1. The summed E-state index contributed by atoms with van der Waals surface area (Å²) >= 11 is 1.56. The molecule has 1 aromatic rings. The Labute approximate surface area is 95.0 Å². The fourth-order valence-corrected chi connectivity index (χ4v) is 1.98. The molecule has 2 nitrogen and oxygen atoms in total. The smallest absolute Gasteiger partial charge is 0.168 e. The van der Waals surface area contributed by atoms with Crippen LogP contribution in [0.4, 0.5) is 0 Å². The van der Waals surface area contributed by atoms with Crippen LogP contribution in [0.1, 0.15) is 12.5 Å². The first-order valence-corrected chi connectivity index (χ1v) is 6.00. The first kappa shape index (κ1) is 12.3. The van der Waals surface area contributed by atoms with Gasteiger partial charge < -0.3 is 4.74 Å². The van der Waals surface area contributed by atoms with Gasteiger partial charge in [-0.05, 0) is 26.0 Å². The SMILES string of the molecule is CCOCC(=O)CSc1cccc(C)c1. The second kappa shape index (κ2) is 6.64. The zero-order valence-electron chi connectivity index (χ0n) is 9.16. The van der Waals surface area contributed by atoms with Gasteiger partial charge in [0.2, 0.25) is 0 Å². The summed E-state index contributed by atoms with van der Waals surface area (Å²) in [5, 5.41) is 0. The quantitative estimate of drug-likeness (QED) is 0.695. The summed E-state index contributed by atoms with van der Waals surface area (Å²) in [5.41, 5.74) is 1.22. The van der Waals surface area contributed by atoms with Crippen molar-refractivity contribution in [1.29, 1.82) is 0 Å². The van der Waals surface area contributed by atoms with E-state index in [0.717, 1.165) is 4.90 Å². The topological polar surface area (TPSA) is 26.3 Å². The van der Waals surface area contributed by atoms with Crippen molar-refractivity contribution in [1.82, 2.24) is 0 Å². The maximum atomic E-state index is 11.3. The molecule has 0 amide bonds. The molecule has 1 aromatic carbocycles. The Hall–Kier alpha value is -0.800. The maximum absolute atomic E-state index is 11.3. The number of Topliss-reactive ketones (excluding diaryl/α,β-unsaturated/α-hetero) is 1. The Balaban J connectivity index is 2.33. The number of hydrogen-bond donors (Lipinski definition) is 0. The van der Waals surface area contributed by atoms with Crippen molar-refractivity contribution in [3.8, 4) is 0 Å². The normalized spacial score (nSPS) is 10.3. The van der Waals surface area contributed by atoms with E-state index in [9.17, 15) is 4.79 Å². The number of carbonyl (C=O) groups is 1. The second-order valence-corrected chi connectivity index (χ2v) is 4.33. The van der Waals surface area contributed by atoms with E-state index in [1.165, 1.54) is 5.56 Å². The monoisotopic (exact) mass is 224 g/mol. The molecule has 82 valence electrons. The number of thioether (sulfide) groups is 1. The third-order valence-electron chi connectivity index (χ3n) is 1.86. The fourth-order valence-electron chi connectivity index (χ4n) is 1.13. The molecule has 0 atom stereocenters. The molecule has 3 heteroatoms. The van der Waals surface area contributed by atoms with Crippen LogP contribution >= 0.6 is 11.8 Å². The summed E-state index contributed by atoms with van der Waals surface area (Å²) in [6.45, 7) is 4.77. The minimum absolute atomic E-state index is 0.142. The highest BCUT2D eigenvalue weighted by atomic mass is 32.2. The minimum atomic E-state index is 0.142. The first-order chi connectivity index (χ1) is 7.22. The third-order valence-corrected chi connectivity index (χ3v) is 2.91. The molecule has 0 aliphatic rings. The lowest BCUT2D eigenvalue weighted by Crippen LogP contribution is -2.10. The molecule has 0 spiro atoms. The molecule has 0 bridgehead atoms. The van der Waals surface area contributed by atoms with Crippen LogP contribution in [0.2, 0.25) is 0 Å². The van der Waals surface area contributed by atoms with Crippen LogP contribution < -0.4 is 0 Å². The lowest BCUT2D eigenvalue weighted by Gasteiger charge is -2.02. The van der Waals surface area contributed by atoms with Gasteiger partial charge in [0.05, 0.1) is 5.75 Å². The second-order valence-electron chi connectivity index (χ2n) is 3.28. The summed E-state index contributed by atoms with van der Waals surface area (Å²) in [6, 6.07) is 8.15. The van der Waals surface area contributed by atoms with Crippen LogP contribution in [0.5, 0.6) is 0 Å². The van der Waals surface area contributed by atoms with Crippen LogP contribution in [0.3, 0.4) is 0 Å². The van der Waals surface area contributed by atoms with E-state index in [-0.39, 0.29) is 12.4 Å². The maximum Gasteiger partial charge on any atom is 0.168 e. The molecule has 0 saturated carbocycles. The Morgan fingerprint density at radius 3 is 2.93 bits per heavy atom. The van der Waals surface area contributed by atoms with Gasteiger partial charge >= 0.3 is 0 Å². The Morgan fingerprint density at radius 2 is 2.27 bits per heavy atom. The Morgan fingerprint density at radius 1 is 1.47 bits per heavy atom. The molecule has 15 heavy (non-hydrogen) atoms. The van der Waals surface area contributed by atoms with Gasteiger partial charge in [-0.25, -0.2) is 0 Å². The van der Waals surface area contributed by atoms with Crippen molar-refractivity contribution in [2.75, 3.05) is 19.0 Å². The Bertz CT molecular complexity index is 323. The number of benzene rings is 1. The van der Waals surface area contributed by atoms with Gasteiger partial charge in [-0.3, -0.25) is 4.79 Å². The summed E-state index contributed by atoms with van der Waals surface area (Å²) in [7, 11) is 0. The van der Waals surface area contributed by atoms with Gasteiger partial charge in [-0.1, -0.05) is 17.7 Å². The molecule has 0 unspecified atom stereocenters. The molecule has 0 aliphatic carbocycles. The molecule has 0 radical (unpaired) electrons. The molecule has 0 N–H and O–H groups in total. The standard InChI is InChI=1S/C12H16O2S/c1-3-14-8-11(13)9-15-12-6-4-5-10(2)7-12/h4-7H,3,8-9H2,1-2H3. The van der Waals surface area contributed by atoms with Gasteiger partial charge in [0, 0.05) is 11.5 Å². The van der Waals surface area contributed by atoms with E-state index in [2.05, 4.69) is 6.07 Å². The fraction of sp³-hybridized carbons (Fsp3) is 0.417. The van der Waals surface area contributed by atoms with E-state index < -0.39 is 0 Å². The highest BCUT2D eigenvalue weighted by Gasteiger charge is 2.02. The van der Waals surface area contributed by atoms with Crippen molar-refractivity contribution >= 4 is 17.5 Å². The van der Waals surface area contributed by atoms with Crippen molar-refractivity contribution < 1.29 is 9.53 Å². The third kappa shape index (κ3) is 5.00. The highest BCUT2D eigenvalue weighted by molar-refractivity contribution is 8.00. The zero-order chi connectivity index (χ0) is 11.1. The predicted molar refractivity (Wildman–Crippen MR) is 63.4 cm³/mol. The van der Waals surface area contributed by atoms with E-state index in [1.807, 2.05) is 32.0 Å². The van der Waals surface area contributed by atoms with E-state index >= 15 is 0 Å². The minimum Gasteiger partial charge on any atom is -0.374 e. The number of rotatable bonds is 6. The van der Waals surface area contributed by atoms with Gasteiger partial charge in [0.1, 0.15) is 6.61 Å². The highest BCUT2D eigenvalue weighted by Crippen LogP contribution is 2.18. The first-order valence-electron chi connectivity index (χ1n) is 5.01. The number of hydrogen-bond acceptors (Lipinski definition) is 3. The molecule has 0 aromatic heterocycles. The number of carbonyl (C=O) groups excluding carboxylic acids is 1. The van der Waals surface area contributed by atoms with Crippen LogP contribution in [-0.4, -0.2) is 24.7 Å². The molecular weight excluding hydrogens is 208 g/mol. The van der Waals surface area contributed by atoms with Crippen LogP contribution in [0, 0.1) is 6.92 Å². The molecule has 0 saturated heterocycles. The molecular formula is C12H16O2S. The predicted octanol–water partition coefficient (Wildman–Crippen LogP) is 2.69. The Kier molecular flexibility index (Phi) is 5.43. The largest absolute Gasteiger partial charge is 0.374 e. The van der Waals surface area contributed by atoms with Gasteiger partial charge in [-0.15, -0.1) is 11.8 Å². The average Bonchev–Trinajstić information content (AvgIpc) is 2.23. The van der Waals surface area contributed by atoms with Crippen molar-refractivity contribution in [2.45, 2.75) is 18.7 Å². The van der Waals surface area contributed by atoms with Gasteiger partial charge in [0.15, 0.2) is 5.78 Å².